The summed E-state index contributed by atoms with van der Waals surface area (Å²) in [5.74, 6) is -0.961. The molecule has 314 valence electrons. The lowest BCUT2D eigenvalue weighted by molar-refractivity contribution is -0.161. The van der Waals surface area contributed by atoms with Gasteiger partial charge in [0, 0.05) is 12.8 Å². The Kier molecular flexibility index (Phi) is 37.7. The van der Waals surface area contributed by atoms with Crippen LogP contribution in [0.2, 0.25) is 0 Å². The van der Waals surface area contributed by atoms with E-state index in [2.05, 4.69) is 67.0 Å². The van der Waals surface area contributed by atoms with E-state index in [-0.39, 0.29) is 19.4 Å². The van der Waals surface area contributed by atoms with E-state index in [9.17, 15) is 24.2 Å². The van der Waals surface area contributed by atoms with E-state index in [4.69, 9.17) is 19.1 Å². The Morgan fingerprint density at radius 3 is 1.48 bits per heavy atom. The van der Waals surface area contributed by atoms with Gasteiger partial charge in [-0.25, -0.2) is 4.57 Å². The summed E-state index contributed by atoms with van der Waals surface area (Å²) in [6.07, 6.45) is 40.7. The normalized spacial score (nSPS) is 14.4. The van der Waals surface area contributed by atoms with Crippen molar-refractivity contribution >= 4 is 19.8 Å². The van der Waals surface area contributed by atoms with E-state index >= 15 is 0 Å². The zero-order valence-electron chi connectivity index (χ0n) is 33.9. The van der Waals surface area contributed by atoms with Gasteiger partial charge in [-0.1, -0.05) is 152 Å². The van der Waals surface area contributed by atoms with E-state index in [1.807, 2.05) is 0 Å². The number of phosphoric ester groups is 1. The van der Waals surface area contributed by atoms with Crippen LogP contribution in [-0.4, -0.2) is 65.7 Å². The highest BCUT2D eigenvalue weighted by Gasteiger charge is 2.27. The summed E-state index contributed by atoms with van der Waals surface area (Å²) in [6, 6.07) is 0. The summed E-state index contributed by atoms with van der Waals surface area (Å²) in [4.78, 5) is 34.9. The molecule has 0 aromatic heterocycles. The molecule has 0 radical (unpaired) electrons. The molecule has 54 heavy (non-hydrogen) atoms. The minimum absolute atomic E-state index is 0.147. The molecule has 0 rings (SSSR count). The number of carbonyl (C=O) groups excluding carboxylic acids is 2. The number of phosphoric acid groups is 1. The highest BCUT2D eigenvalue weighted by Crippen LogP contribution is 2.43. The van der Waals surface area contributed by atoms with Crippen LogP contribution < -0.4 is 0 Å². The van der Waals surface area contributed by atoms with Gasteiger partial charge in [-0.2, -0.15) is 0 Å². The summed E-state index contributed by atoms with van der Waals surface area (Å²) in [6.45, 7) is 2.30. The molecule has 0 spiro atoms. The van der Waals surface area contributed by atoms with E-state index in [1.54, 1.807) is 0 Å². The molecular formula is C43H77O10P. The first-order valence-corrected chi connectivity index (χ1v) is 22.6. The van der Waals surface area contributed by atoms with Crippen molar-refractivity contribution < 1.29 is 47.8 Å². The van der Waals surface area contributed by atoms with E-state index in [0.29, 0.717) is 12.8 Å². The van der Waals surface area contributed by atoms with Crippen LogP contribution in [0.5, 0.6) is 0 Å². The van der Waals surface area contributed by atoms with Crippen LogP contribution in [0.1, 0.15) is 174 Å². The maximum absolute atomic E-state index is 12.6. The SMILES string of the molecule is CCCCC/C=C\C/C=C\C/C=C\C/C=C\CCCCCC(=O)O[C@H](COC(=O)CCCCCCCCCCCCCC)COP(=O)(O)OC[C@@H](O)CO. The number of aliphatic hydroxyl groups is 2. The zero-order valence-corrected chi connectivity index (χ0v) is 34.8. The average Bonchev–Trinajstić information content (AvgIpc) is 3.16. The van der Waals surface area contributed by atoms with E-state index in [0.717, 1.165) is 57.8 Å². The number of esters is 2. The van der Waals surface area contributed by atoms with Crippen molar-refractivity contribution in [2.45, 2.75) is 187 Å². The summed E-state index contributed by atoms with van der Waals surface area (Å²) >= 11 is 0. The van der Waals surface area contributed by atoms with Gasteiger partial charge in [-0.15, -0.1) is 0 Å². The second-order valence-corrected chi connectivity index (χ2v) is 15.5. The molecule has 0 saturated heterocycles. The minimum atomic E-state index is -4.62. The monoisotopic (exact) mass is 785 g/mol. The summed E-state index contributed by atoms with van der Waals surface area (Å²) in [7, 11) is -4.62. The average molecular weight is 785 g/mol. The van der Waals surface area contributed by atoms with Crippen LogP contribution in [0.25, 0.3) is 0 Å². The van der Waals surface area contributed by atoms with Crippen LogP contribution in [0.4, 0.5) is 0 Å². The van der Waals surface area contributed by atoms with Gasteiger partial charge in [-0.3, -0.25) is 18.6 Å². The lowest BCUT2D eigenvalue weighted by atomic mass is 10.0. The molecule has 0 saturated carbocycles. The Hall–Kier alpha value is -2.07. The third kappa shape index (κ3) is 38.2. The number of ether oxygens (including phenoxy) is 2. The van der Waals surface area contributed by atoms with Crippen molar-refractivity contribution in [1.82, 2.24) is 0 Å². The maximum atomic E-state index is 12.6. The fourth-order valence-electron chi connectivity index (χ4n) is 5.45. The molecule has 0 fully saturated rings. The van der Waals surface area contributed by atoms with Crippen LogP contribution in [0.3, 0.4) is 0 Å². The van der Waals surface area contributed by atoms with Gasteiger partial charge in [0.25, 0.3) is 0 Å². The van der Waals surface area contributed by atoms with Gasteiger partial charge in [0.05, 0.1) is 19.8 Å². The zero-order chi connectivity index (χ0) is 39.8. The lowest BCUT2D eigenvalue weighted by Crippen LogP contribution is -2.29. The van der Waals surface area contributed by atoms with Crippen LogP contribution in [0, 0.1) is 0 Å². The molecule has 1 unspecified atom stereocenters. The predicted molar refractivity (Wildman–Crippen MR) is 219 cm³/mol. The van der Waals surface area contributed by atoms with Crippen molar-refractivity contribution in [2.75, 3.05) is 26.4 Å². The first-order chi connectivity index (χ1) is 26.2. The molecule has 10 nitrogen and oxygen atoms in total. The summed E-state index contributed by atoms with van der Waals surface area (Å²) < 4.78 is 32.6. The van der Waals surface area contributed by atoms with Gasteiger partial charge in [-0.05, 0) is 57.8 Å². The largest absolute Gasteiger partial charge is 0.472 e. The van der Waals surface area contributed by atoms with Crippen LogP contribution in [0.15, 0.2) is 48.6 Å². The van der Waals surface area contributed by atoms with Gasteiger partial charge in [0.2, 0.25) is 0 Å². The van der Waals surface area contributed by atoms with Gasteiger partial charge in [0.1, 0.15) is 12.7 Å². The molecule has 0 aliphatic carbocycles. The topological polar surface area (TPSA) is 149 Å². The van der Waals surface area contributed by atoms with Crippen LogP contribution in [-0.2, 0) is 32.7 Å². The summed E-state index contributed by atoms with van der Waals surface area (Å²) in [5, 5.41) is 18.3. The number of unbranched alkanes of at least 4 members (excludes halogenated alkanes) is 17. The molecule has 0 aromatic rings. The number of hydrogen-bond acceptors (Lipinski definition) is 9. The van der Waals surface area contributed by atoms with E-state index in [1.165, 1.54) is 77.0 Å². The molecule has 0 aromatic carbocycles. The van der Waals surface area contributed by atoms with Crippen molar-refractivity contribution in [3.05, 3.63) is 48.6 Å². The minimum Gasteiger partial charge on any atom is -0.462 e. The van der Waals surface area contributed by atoms with E-state index < -0.39 is 51.8 Å². The number of rotatable bonds is 39. The third-order valence-corrected chi connectivity index (χ3v) is 9.69. The van der Waals surface area contributed by atoms with Gasteiger partial charge >= 0.3 is 19.8 Å². The van der Waals surface area contributed by atoms with Crippen molar-refractivity contribution in [3.8, 4) is 0 Å². The molecule has 0 aliphatic rings. The number of aliphatic hydroxyl groups excluding tert-OH is 2. The molecule has 0 amide bonds. The fourth-order valence-corrected chi connectivity index (χ4v) is 6.24. The second-order valence-electron chi connectivity index (χ2n) is 14.0. The third-order valence-electron chi connectivity index (χ3n) is 8.74. The molecule has 0 bridgehead atoms. The molecule has 0 heterocycles. The van der Waals surface area contributed by atoms with Crippen molar-refractivity contribution in [2.24, 2.45) is 0 Å². The fraction of sp³-hybridized carbons (Fsp3) is 0.767. The highest BCUT2D eigenvalue weighted by atomic mass is 31.2. The molecule has 0 aliphatic heterocycles. The predicted octanol–water partition coefficient (Wildman–Crippen LogP) is 10.9. The summed E-state index contributed by atoms with van der Waals surface area (Å²) in [5.41, 5.74) is 0. The Morgan fingerprint density at radius 1 is 0.556 bits per heavy atom. The molecule has 11 heteroatoms. The Labute approximate surface area is 328 Å². The first-order valence-electron chi connectivity index (χ1n) is 21.1. The molecule has 3 N–H and O–H groups in total. The quantitative estimate of drug-likeness (QED) is 0.0238. The Bertz CT molecular complexity index is 1040. The van der Waals surface area contributed by atoms with Gasteiger partial charge in [0.15, 0.2) is 6.10 Å². The molecular weight excluding hydrogens is 707 g/mol. The highest BCUT2D eigenvalue weighted by molar-refractivity contribution is 7.47. The second kappa shape index (κ2) is 39.2. The van der Waals surface area contributed by atoms with Crippen LogP contribution >= 0.6 is 7.82 Å². The standard InChI is InChI=1S/C43H77O10P/c1-3-5-7-9-11-13-15-17-18-19-20-21-22-23-25-27-29-31-33-35-43(47)53-41(39-52-54(48,49)51-37-40(45)36-44)38-50-42(46)34-32-30-28-26-24-16-14-12-10-8-6-4-2/h11,13,17-18,20-21,23,25,40-41,44-45H,3-10,12,14-16,19,22,24,26-39H2,1-2H3,(H,48,49)/b13-11-,18-17-,21-20-,25-23-/t40-,41+/m0/s1. The Morgan fingerprint density at radius 2 is 0.963 bits per heavy atom. The number of carbonyl (C=O) groups is 2. The maximum Gasteiger partial charge on any atom is 0.472 e. The molecule has 3 atom stereocenters. The van der Waals surface area contributed by atoms with Crippen molar-refractivity contribution in [3.63, 3.8) is 0 Å². The van der Waals surface area contributed by atoms with Gasteiger partial charge < -0.3 is 24.6 Å². The number of hydrogen-bond donors (Lipinski definition) is 3. The number of allylic oxidation sites excluding steroid dienone is 8. The smallest absolute Gasteiger partial charge is 0.462 e. The Balaban J connectivity index is 4.38. The first kappa shape index (κ1) is 51.9. The van der Waals surface area contributed by atoms with Crippen molar-refractivity contribution in [1.29, 1.82) is 0 Å². The lowest BCUT2D eigenvalue weighted by Gasteiger charge is -2.20.